The lowest BCUT2D eigenvalue weighted by molar-refractivity contribution is -0.0507. The predicted molar refractivity (Wildman–Crippen MR) is 124 cm³/mol. The first kappa shape index (κ1) is 22.0. The number of aromatic nitrogens is 4. The van der Waals surface area contributed by atoms with Crippen LogP contribution < -0.4 is 15.0 Å². The van der Waals surface area contributed by atoms with Crippen LogP contribution in [-0.4, -0.2) is 51.0 Å². The highest BCUT2D eigenvalue weighted by molar-refractivity contribution is 5.98. The first-order valence-corrected chi connectivity index (χ1v) is 11.6. The summed E-state index contributed by atoms with van der Waals surface area (Å²) in [6.45, 7) is -3.85. The molecule has 0 radical (unpaired) electrons. The van der Waals surface area contributed by atoms with Crippen molar-refractivity contribution in [2.45, 2.75) is 31.0 Å². The standard InChI is InChI=1S/C25H18F4N6O2/c26-23(27)37-19-3-1-2-14-20(19)18-7-16(33-22(14)36)21-32-15-5-4-12(6-17(15)35(18)21)13-8-30-24(31-9-13)34-10-25(28,29)11-34/h1-6,8-9,16,18,23H,7,10-11H2,(H,33,36). The number of hydrogen-bond acceptors (Lipinski definition) is 6. The third kappa shape index (κ3) is 3.42. The summed E-state index contributed by atoms with van der Waals surface area (Å²) in [6.07, 6.45) is 3.60. The molecular weight excluding hydrogens is 492 g/mol. The summed E-state index contributed by atoms with van der Waals surface area (Å²) < 4.78 is 59.6. The van der Waals surface area contributed by atoms with Gasteiger partial charge >= 0.3 is 6.61 Å². The van der Waals surface area contributed by atoms with Crippen LogP contribution in [0.25, 0.3) is 22.2 Å². The van der Waals surface area contributed by atoms with Crippen LogP contribution in [-0.2, 0) is 0 Å². The number of ether oxygens (including phenoxy) is 1. The minimum Gasteiger partial charge on any atom is -0.434 e. The molecule has 0 aliphatic carbocycles. The van der Waals surface area contributed by atoms with E-state index in [2.05, 4.69) is 15.3 Å². The monoisotopic (exact) mass is 510 g/mol. The van der Waals surface area contributed by atoms with Crippen molar-refractivity contribution >= 4 is 22.9 Å². The SMILES string of the molecule is O=C1NC2CC(c3c(OC(F)F)cccc31)n1c2nc2ccc(-c3cnc(N4CC(F)(F)C4)nc3)cc21. The number of carbonyl (C=O) groups is 1. The highest BCUT2D eigenvalue weighted by Gasteiger charge is 2.45. The van der Waals surface area contributed by atoms with Crippen molar-refractivity contribution in [1.82, 2.24) is 24.8 Å². The first-order valence-electron chi connectivity index (χ1n) is 11.6. The van der Waals surface area contributed by atoms with Crippen LogP contribution in [0.15, 0.2) is 48.8 Å². The van der Waals surface area contributed by atoms with E-state index in [0.29, 0.717) is 28.9 Å². The number of halogens is 4. The second-order valence-electron chi connectivity index (χ2n) is 9.40. The van der Waals surface area contributed by atoms with Crippen molar-refractivity contribution in [3.8, 4) is 16.9 Å². The zero-order valence-electron chi connectivity index (χ0n) is 19.0. The van der Waals surface area contributed by atoms with Gasteiger partial charge in [-0.05, 0) is 36.2 Å². The van der Waals surface area contributed by atoms with E-state index in [4.69, 9.17) is 9.72 Å². The Morgan fingerprint density at radius 2 is 1.86 bits per heavy atom. The zero-order valence-corrected chi connectivity index (χ0v) is 19.0. The van der Waals surface area contributed by atoms with Gasteiger partial charge in [-0.3, -0.25) is 4.79 Å². The molecule has 2 aromatic carbocycles. The number of amides is 1. The van der Waals surface area contributed by atoms with E-state index in [0.717, 1.165) is 11.1 Å². The average Bonchev–Trinajstić information content (AvgIpc) is 3.34. The van der Waals surface area contributed by atoms with Gasteiger partial charge in [-0.15, -0.1) is 0 Å². The summed E-state index contributed by atoms with van der Waals surface area (Å²) in [7, 11) is 0. The van der Waals surface area contributed by atoms with Gasteiger partial charge < -0.3 is 19.5 Å². The minimum atomic E-state index is -3.04. The van der Waals surface area contributed by atoms with E-state index in [1.54, 1.807) is 18.5 Å². The molecule has 1 fully saturated rings. The highest BCUT2D eigenvalue weighted by Crippen LogP contribution is 2.47. The second-order valence-corrected chi connectivity index (χ2v) is 9.40. The van der Waals surface area contributed by atoms with Crippen LogP contribution in [0.2, 0.25) is 0 Å². The number of rotatable bonds is 4. The van der Waals surface area contributed by atoms with Crippen LogP contribution in [0.4, 0.5) is 23.5 Å². The van der Waals surface area contributed by atoms with Crippen LogP contribution >= 0.6 is 0 Å². The number of nitrogens with one attached hydrogen (secondary N) is 1. The number of carbonyl (C=O) groups excluding carboxylic acids is 1. The Hall–Kier alpha value is -4.22. The Bertz CT molecular complexity index is 1560. The Balaban J connectivity index is 1.31. The van der Waals surface area contributed by atoms with Gasteiger partial charge in [0.05, 0.1) is 36.2 Å². The molecule has 2 unspecified atom stereocenters. The van der Waals surface area contributed by atoms with E-state index < -0.39 is 37.7 Å². The van der Waals surface area contributed by atoms with Crippen molar-refractivity contribution in [2.75, 3.05) is 18.0 Å². The average molecular weight is 510 g/mol. The molecule has 2 atom stereocenters. The van der Waals surface area contributed by atoms with Gasteiger partial charge in [0.1, 0.15) is 11.6 Å². The molecule has 3 aliphatic rings. The molecular formula is C25H18F4N6O2. The number of fused-ring (bicyclic) bond motifs is 9. The Labute approximate surface area is 206 Å². The fraction of sp³-hybridized carbons (Fsp3) is 0.280. The van der Waals surface area contributed by atoms with Gasteiger partial charge in [-0.25, -0.2) is 23.7 Å². The number of alkyl halides is 4. The molecule has 37 heavy (non-hydrogen) atoms. The number of benzene rings is 2. The van der Waals surface area contributed by atoms with E-state index in [1.807, 2.05) is 22.8 Å². The Morgan fingerprint density at radius 3 is 2.59 bits per heavy atom. The summed E-state index contributed by atoms with van der Waals surface area (Å²) in [5.41, 5.74) is 3.57. The van der Waals surface area contributed by atoms with Gasteiger partial charge in [-0.1, -0.05) is 12.1 Å². The molecule has 0 spiro atoms. The lowest BCUT2D eigenvalue weighted by Crippen LogP contribution is -2.57. The van der Waals surface area contributed by atoms with Crippen LogP contribution in [0.5, 0.6) is 5.75 Å². The number of imidazole rings is 1. The van der Waals surface area contributed by atoms with Crippen molar-refractivity contribution in [3.63, 3.8) is 0 Å². The summed E-state index contributed by atoms with van der Waals surface area (Å²) in [5, 5.41) is 2.96. The first-order chi connectivity index (χ1) is 17.8. The van der Waals surface area contributed by atoms with Crippen LogP contribution in [0, 0.1) is 0 Å². The summed E-state index contributed by atoms with van der Waals surface area (Å²) in [5.74, 6) is -2.25. The fourth-order valence-corrected chi connectivity index (χ4v) is 5.48. The van der Waals surface area contributed by atoms with Gasteiger partial charge in [0, 0.05) is 29.1 Å². The largest absolute Gasteiger partial charge is 0.434 e. The molecule has 2 bridgehead atoms. The highest BCUT2D eigenvalue weighted by atomic mass is 19.3. The quantitative estimate of drug-likeness (QED) is 0.412. The van der Waals surface area contributed by atoms with Gasteiger partial charge in [0.15, 0.2) is 0 Å². The predicted octanol–water partition coefficient (Wildman–Crippen LogP) is 4.33. The van der Waals surface area contributed by atoms with Gasteiger partial charge in [-0.2, -0.15) is 8.78 Å². The van der Waals surface area contributed by atoms with E-state index in [-0.39, 0.29) is 23.2 Å². The number of anilines is 1. The summed E-state index contributed by atoms with van der Waals surface area (Å²) in [6, 6.07) is 9.30. The van der Waals surface area contributed by atoms with E-state index in [9.17, 15) is 22.4 Å². The maximum absolute atomic E-state index is 13.2. The minimum absolute atomic E-state index is 0.0419. The lowest BCUT2D eigenvalue weighted by Gasteiger charge is -2.38. The summed E-state index contributed by atoms with van der Waals surface area (Å²) >= 11 is 0. The molecule has 4 aromatic rings. The van der Waals surface area contributed by atoms with Gasteiger partial charge in [0.25, 0.3) is 11.8 Å². The second kappa shape index (κ2) is 7.64. The molecule has 12 heteroatoms. The maximum Gasteiger partial charge on any atom is 0.387 e. The zero-order chi connectivity index (χ0) is 25.5. The van der Waals surface area contributed by atoms with Crippen molar-refractivity contribution in [1.29, 1.82) is 0 Å². The lowest BCUT2D eigenvalue weighted by atomic mass is 9.97. The maximum atomic E-state index is 13.2. The third-order valence-corrected chi connectivity index (χ3v) is 7.06. The van der Waals surface area contributed by atoms with Crippen LogP contribution in [0.3, 0.4) is 0 Å². The molecule has 8 nitrogen and oxygen atoms in total. The van der Waals surface area contributed by atoms with E-state index >= 15 is 0 Å². The molecule has 1 saturated heterocycles. The molecule has 3 aliphatic heterocycles. The number of hydrogen-bond donors (Lipinski definition) is 1. The molecule has 188 valence electrons. The summed E-state index contributed by atoms with van der Waals surface area (Å²) in [4.78, 5) is 27.5. The molecule has 7 rings (SSSR count). The topological polar surface area (TPSA) is 85.2 Å². The third-order valence-electron chi connectivity index (χ3n) is 7.06. The number of nitrogens with zero attached hydrogens (tertiary/aromatic N) is 5. The van der Waals surface area contributed by atoms with Crippen molar-refractivity contribution < 1.29 is 27.1 Å². The van der Waals surface area contributed by atoms with Crippen molar-refractivity contribution in [3.05, 3.63) is 65.7 Å². The molecule has 5 heterocycles. The molecule has 1 amide bonds. The Kier molecular flexibility index (Phi) is 4.55. The van der Waals surface area contributed by atoms with Crippen molar-refractivity contribution in [2.24, 2.45) is 0 Å². The van der Waals surface area contributed by atoms with Crippen LogP contribution in [0.1, 0.15) is 40.3 Å². The molecule has 2 aromatic heterocycles. The smallest absolute Gasteiger partial charge is 0.387 e. The van der Waals surface area contributed by atoms with E-state index in [1.165, 1.54) is 17.0 Å². The normalized spacial score (nSPS) is 21.3. The van der Waals surface area contributed by atoms with Gasteiger partial charge in [0.2, 0.25) is 5.95 Å². The Morgan fingerprint density at radius 1 is 1.08 bits per heavy atom. The molecule has 0 saturated carbocycles. The fourth-order valence-electron chi connectivity index (χ4n) is 5.48. The molecule has 1 N–H and O–H groups in total.